The van der Waals surface area contributed by atoms with Gasteiger partial charge < -0.3 is 15.2 Å². The fraction of sp³-hybridized carbons (Fsp3) is 0.192. The topological polar surface area (TPSA) is 111 Å². The van der Waals surface area contributed by atoms with E-state index >= 15 is 0 Å². The molecule has 0 unspecified atom stereocenters. The summed E-state index contributed by atoms with van der Waals surface area (Å²) in [5, 5.41) is 17.6. The summed E-state index contributed by atoms with van der Waals surface area (Å²) in [6, 6.07) is 21.8. The summed E-state index contributed by atoms with van der Waals surface area (Å²) in [6.07, 6.45) is 0. The summed E-state index contributed by atoms with van der Waals surface area (Å²) in [7, 11) is 0. The van der Waals surface area contributed by atoms with Crippen molar-refractivity contribution in [2.75, 3.05) is 35.2 Å². The van der Waals surface area contributed by atoms with E-state index in [2.05, 4.69) is 15.5 Å². The predicted molar refractivity (Wildman–Crippen MR) is 138 cm³/mol. The first kappa shape index (κ1) is 23.1. The Morgan fingerprint density at radius 1 is 1.03 bits per heavy atom. The second-order valence-electron chi connectivity index (χ2n) is 8.50. The first-order chi connectivity index (χ1) is 17.0. The molecule has 8 nitrogen and oxygen atoms in total. The Morgan fingerprint density at radius 3 is 2.43 bits per heavy atom. The van der Waals surface area contributed by atoms with Crippen LogP contribution in [0.2, 0.25) is 0 Å². The van der Waals surface area contributed by atoms with Crippen LogP contribution < -0.4 is 10.6 Å². The molecule has 2 heterocycles. The van der Waals surface area contributed by atoms with Gasteiger partial charge >= 0.3 is 0 Å². The highest BCUT2D eigenvalue weighted by Gasteiger charge is 2.30. The molecule has 0 atom stereocenters. The zero-order chi connectivity index (χ0) is 24.4. The van der Waals surface area contributed by atoms with Gasteiger partial charge in [-0.1, -0.05) is 53.6 Å². The van der Waals surface area contributed by atoms with Gasteiger partial charge in [-0.05, 0) is 29.3 Å². The maximum absolute atomic E-state index is 13.0. The number of nitrogens with zero attached hydrogens (tertiary/aromatic N) is 2. The van der Waals surface area contributed by atoms with Crippen LogP contribution in [-0.4, -0.2) is 44.9 Å². The van der Waals surface area contributed by atoms with Crippen molar-refractivity contribution in [1.82, 2.24) is 4.90 Å². The Hall–Kier alpha value is -3.66. The molecule has 9 heteroatoms. The van der Waals surface area contributed by atoms with Crippen LogP contribution in [0.25, 0.3) is 11.3 Å². The van der Waals surface area contributed by atoms with Crippen molar-refractivity contribution in [1.29, 1.82) is 0 Å². The Balaban J connectivity index is 1.47. The number of carbonyl (C=O) groups is 1. The van der Waals surface area contributed by atoms with Crippen molar-refractivity contribution in [3.63, 3.8) is 0 Å². The van der Waals surface area contributed by atoms with Crippen LogP contribution in [0.15, 0.2) is 72.8 Å². The van der Waals surface area contributed by atoms with Crippen LogP contribution in [0.3, 0.4) is 0 Å². The molecule has 2 aliphatic rings. The lowest BCUT2D eigenvalue weighted by Crippen LogP contribution is -2.39. The SMILES string of the molecule is O=C1Nc2ccc([N+](=O)[O-])cc2/C1=C(/Nc1ccc(CN2CC[S+]([O-])CC2)cc1)c1ccccc1. The van der Waals surface area contributed by atoms with E-state index in [1.165, 1.54) is 12.1 Å². The van der Waals surface area contributed by atoms with Gasteiger partial charge in [-0.2, -0.15) is 0 Å². The third kappa shape index (κ3) is 5.07. The van der Waals surface area contributed by atoms with Crippen molar-refractivity contribution < 1.29 is 14.3 Å². The van der Waals surface area contributed by atoms with E-state index in [1.807, 2.05) is 54.6 Å². The van der Waals surface area contributed by atoms with Gasteiger partial charge in [0.1, 0.15) is 11.5 Å². The van der Waals surface area contributed by atoms with Gasteiger partial charge in [-0.15, -0.1) is 0 Å². The molecule has 0 spiro atoms. The predicted octanol–water partition coefficient (Wildman–Crippen LogP) is 4.09. The Morgan fingerprint density at radius 2 is 1.74 bits per heavy atom. The number of nitro groups is 1. The Kier molecular flexibility index (Phi) is 6.54. The minimum atomic E-state index is -0.699. The maximum atomic E-state index is 13.0. The fourth-order valence-corrected chi connectivity index (χ4v) is 5.46. The van der Waals surface area contributed by atoms with E-state index < -0.39 is 16.1 Å². The number of nitrogens with one attached hydrogen (secondary N) is 2. The summed E-state index contributed by atoms with van der Waals surface area (Å²) >= 11 is -0.699. The van der Waals surface area contributed by atoms with Crippen molar-refractivity contribution in [3.8, 4) is 0 Å². The van der Waals surface area contributed by atoms with Crippen LogP contribution in [0.4, 0.5) is 17.1 Å². The summed E-state index contributed by atoms with van der Waals surface area (Å²) < 4.78 is 11.6. The number of hydrogen-bond donors (Lipinski definition) is 2. The number of anilines is 2. The zero-order valence-corrected chi connectivity index (χ0v) is 19.7. The van der Waals surface area contributed by atoms with E-state index in [0.29, 0.717) is 22.5 Å². The molecule has 1 amide bonds. The molecule has 35 heavy (non-hydrogen) atoms. The molecular weight excluding hydrogens is 464 g/mol. The number of non-ortho nitro benzene ring substituents is 1. The lowest BCUT2D eigenvalue weighted by Gasteiger charge is -2.28. The number of nitro benzene ring substituents is 1. The Bertz CT molecular complexity index is 1290. The quantitative estimate of drug-likeness (QED) is 0.234. The van der Waals surface area contributed by atoms with E-state index in [-0.39, 0.29) is 11.6 Å². The van der Waals surface area contributed by atoms with E-state index in [0.717, 1.165) is 48.0 Å². The van der Waals surface area contributed by atoms with Gasteiger partial charge in [0, 0.05) is 48.7 Å². The average Bonchev–Trinajstić information content (AvgIpc) is 3.20. The molecule has 1 saturated heterocycles. The monoisotopic (exact) mass is 488 g/mol. The van der Waals surface area contributed by atoms with E-state index in [4.69, 9.17) is 0 Å². The number of carbonyl (C=O) groups excluding carboxylic acids is 1. The van der Waals surface area contributed by atoms with Gasteiger partial charge in [-0.25, -0.2) is 0 Å². The molecule has 3 aromatic rings. The fourth-order valence-electron chi connectivity index (χ4n) is 4.33. The minimum absolute atomic E-state index is 0.0731. The van der Waals surface area contributed by atoms with Gasteiger partial charge in [0.15, 0.2) is 0 Å². The lowest BCUT2D eigenvalue weighted by molar-refractivity contribution is -0.384. The summed E-state index contributed by atoms with van der Waals surface area (Å²) in [6.45, 7) is 2.46. The number of benzene rings is 3. The molecule has 2 N–H and O–H groups in total. The molecule has 0 aliphatic carbocycles. The zero-order valence-electron chi connectivity index (χ0n) is 18.9. The molecule has 0 aromatic heterocycles. The molecule has 5 rings (SSSR count). The van der Waals surface area contributed by atoms with Crippen molar-refractivity contribution in [2.24, 2.45) is 0 Å². The minimum Gasteiger partial charge on any atom is -0.616 e. The van der Waals surface area contributed by atoms with Gasteiger partial charge in [0.2, 0.25) is 0 Å². The van der Waals surface area contributed by atoms with Crippen LogP contribution in [0, 0.1) is 10.1 Å². The van der Waals surface area contributed by atoms with Crippen LogP contribution in [0.1, 0.15) is 16.7 Å². The first-order valence-corrected chi connectivity index (χ1v) is 12.8. The van der Waals surface area contributed by atoms with E-state index in [1.54, 1.807) is 6.07 Å². The van der Waals surface area contributed by atoms with Gasteiger partial charge in [0.25, 0.3) is 11.6 Å². The second-order valence-corrected chi connectivity index (χ2v) is 10.2. The second kappa shape index (κ2) is 9.91. The third-order valence-electron chi connectivity index (χ3n) is 6.17. The summed E-state index contributed by atoms with van der Waals surface area (Å²) in [5.41, 5.74) is 4.65. The lowest BCUT2D eigenvalue weighted by atomic mass is 9.99. The van der Waals surface area contributed by atoms with Crippen molar-refractivity contribution >= 4 is 45.4 Å². The maximum Gasteiger partial charge on any atom is 0.270 e. The van der Waals surface area contributed by atoms with Gasteiger partial charge in [0.05, 0.1) is 16.2 Å². The molecule has 1 fully saturated rings. The molecule has 178 valence electrons. The molecular formula is C26H24N4O4S. The van der Waals surface area contributed by atoms with Gasteiger partial charge in [-0.3, -0.25) is 19.8 Å². The highest BCUT2D eigenvalue weighted by molar-refractivity contribution is 7.91. The normalized spacial score (nSPS) is 17.6. The Labute approximate surface area is 206 Å². The molecule has 0 bridgehead atoms. The first-order valence-electron chi connectivity index (χ1n) is 11.3. The number of hydrogen-bond acceptors (Lipinski definition) is 6. The van der Waals surface area contributed by atoms with Crippen LogP contribution in [0.5, 0.6) is 0 Å². The highest BCUT2D eigenvalue weighted by Crippen LogP contribution is 2.39. The number of rotatable bonds is 6. The van der Waals surface area contributed by atoms with Crippen LogP contribution >= 0.6 is 0 Å². The van der Waals surface area contributed by atoms with Crippen LogP contribution in [-0.2, 0) is 22.5 Å². The molecule has 0 radical (unpaired) electrons. The largest absolute Gasteiger partial charge is 0.616 e. The summed E-state index contributed by atoms with van der Waals surface area (Å²) in [5.74, 6) is 1.12. The molecule has 0 saturated carbocycles. The third-order valence-corrected chi connectivity index (χ3v) is 7.45. The molecule has 3 aromatic carbocycles. The standard InChI is InChI=1S/C26H24N4O4S/c31-26-24(22-16-21(30(32)33)10-11-23(22)28-26)25(19-4-2-1-3-5-19)27-20-8-6-18(7-9-20)17-29-12-14-35(34)15-13-29/h1-11,16,27H,12-15,17H2,(H,28,31)/b25-24-. The number of fused-ring (bicyclic) bond motifs is 1. The van der Waals surface area contributed by atoms with Crippen molar-refractivity contribution in [2.45, 2.75) is 6.54 Å². The smallest absolute Gasteiger partial charge is 0.270 e. The number of amides is 1. The van der Waals surface area contributed by atoms with Crippen molar-refractivity contribution in [3.05, 3.63) is 99.6 Å². The summed E-state index contributed by atoms with van der Waals surface area (Å²) in [4.78, 5) is 26.2. The highest BCUT2D eigenvalue weighted by atomic mass is 32.2. The molecule has 2 aliphatic heterocycles. The van der Waals surface area contributed by atoms with E-state index in [9.17, 15) is 19.5 Å². The average molecular weight is 489 g/mol.